The molecule has 2 heterocycles. The van der Waals surface area contributed by atoms with E-state index in [0.29, 0.717) is 16.5 Å². The third kappa shape index (κ3) is 2.28. The second kappa shape index (κ2) is 5.18. The maximum absolute atomic E-state index is 10.9. The SMILES string of the molecule is O=[N+]([O-])c1ccc2c(c1)[C@H](O)n1nc(-c3ccccc3)nc1S2. The second-order valence-corrected chi connectivity index (χ2v) is 5.99. The van der Waals surface area contributed by atoms with Crippen LogP contribution in [0.25, 0.3) is 11.4 Å². The third-order valence-electron chi connectivity index (χ3n) is 3.55. The Morgan fingerprint density at radius 1 is 1.22 bits per heavy atom. The van der Waals surface area contributed by atoms with Crippen LogP contribution in [0.5, 0.6) is 0 Å². The summed E-state index contributed by atoms with van der Waals surface area (Å²) in [4.78, 5) is 15.6. The highest BCUT2D eigenvalue weighted by molar-refractivity contribution is 7.99. The highest BCUT2D eigenvalue weighted by atomic mass is 32.2. The molecule has 4 rings (SSSR count). The molecule has 1 aromatic heterocycles. The normalized spacial score (nSPS) is 15.8. The van der Waals surface area contributed by atoms with Gasteiger partial charge in [-0.15, -0.1) is 5.10 Å². The van der Waals surface area contributed by atoms with Crippen LogP contribution in [0.15, 0.2) is 58.6 Å². The molecule has 0 saturated heterocycles. The number of nitrogens with zero attached hydrogens (tertiary/aromatic N) is 4. The number of fused-ring (bicyclic) bond motifs is 2. The lowest BCUT2D eigenvalue weighted by Crippen LogP contribution is -2.17. The van der Waals surface area contributed by atoms with Crippen LogP contribution in [-0.2, 0) is 0 Å². The molecule has 1 atom stereocenters. The van der Waals surface area contributed by atoms with Gasteiger partial charge in [-0.1, -0.05) is 30.3 Å². The Morgan fingerprint density at radius 3 is 2.74 bits per heavy atom. The number of rotatable bonds is 2. The lowest BCUT2D eigenvalue weighted by Gasteiger charge is -2.21. The van der Waals surface area contributed by atoms with E-state index in [9.17, 15) is 15.2 Å². The van der Waals surface area contributed by atoms with Gasteiger partial charge in [-0.3, -0.25) is 10.1 Å². The van der Waals surface area contributed by atoms with Gasteiger partial charge >= 0.3 is 0 Å². The fourth-order valence-electron chi connectivity index (χ4n) is 2.42. The van der Waals surface area contributed by atoms with Gasteiger partial charge in [0.15, 0.2) is 17.2 Å². The highest BCUT2D eigenvalue weighted by Crippen LogP contribution is 2.41. The molecule has 1 N–H and O–H groups in total. The molecule has 0 bridgehead atoms. The quantitative estimate of drug-likeness (QED) is 0.575. The molecule has 3 aromatic rings. The minimum Gasteiger partial charge on any atom is -0.368 e. The zero-order chi connectivity index (χ0) is 16.0. The van der Waals surface area contributed by atoms with Gasteiger partial charge in [-0.25, -0.2) is 9.67 Å². The average Bonchev–Trinajstić information content (AvgIpc) is 3.00. The Bertz CT molecular complexity index is 910. The standard InChI is InChI=1S/C15H10N4O3S/c20-14-11-8-10(19(21)22)6-7-12(11)23-15-16-13(17-18(14)15)9-4-2-1-3-5-9/h1-8,14,20H/t14-/m0/s1. The number of nitro groups is 1. The van der Waals surface area contributed by atoms with Crippen molar-refractivity contribution in [2.24, 2.45) is 0 Å². The molecular formula is C15H10N4O3S. The first kappa shape index (κ1) is 13.9. The maximum atomic E-state index is 10.9. The van der Waals surface area contributed by atoms with Crippen LogP contribution >= 0.6 is 11.8 Å². The van der Waals surface area contributed by atoms with E-state index >= 15 is 0 Å². The van der Waals surface area contributed by atoms with Crippen molar-refractivity contribution >= 4 is 17.4 Å². The summed E-state index contributed by atoms with van der Waals surface area (Å²) < 4.78 is 1.39. The Balaban J connectivity index is 1.79. The molecule has 114 valence electrons. The molecule has 0 radical (unpaired) electrons. The number of hydrogen-bond acceptors (Lipinski definition) is 6. The topological polar surface area (TPSA) is 94.1 Å². The number of benzene rings is 2. The van der Waals surface area contributed by atoms with Gasteiger partial charge in [-0.2, -0.15) is 0 Å². The fourth-order valence-corrected chi connectivity index (χ4v) is 3.40. The molecular weight excluding hydrogens is 316 g/mol. The predicted octanol–water partition coefficient (Wildman–Crippen LogP) is 2.86. The van der Waals surface area contributed by atoms with Gasteiger partial charge in [0, 0.05) is 28.2 Å². The molecule has 7 nitrogen and oxygen atoms in total. The van der Waals surface area contributed by atoms with Gasteiger partial charge in [0.05, 0.1) is 4.92 Å². The predicted molar refractivity (Wildman–Crippen MR) is 83.0 cm³/mol. The first-order valence-corrected chi connectivity index (χ1v) is 7.61. The Morgan fingerprint density at radius 2 is 2.00 bits per heavy atom. The van der Waals surface area contributed by atoms with Gasteiger partial charge in [0.1, 0.15) is 0 Å². The van der Waals surface area contributed by atoms with E-state index in [4.69, 9.17) is 0 Å². The summed E-state index contributed by atoms with van der Waals surface area (Å²) >= 11 is 1.33. The van der Waals surface area contributed by atoms with Crippen LogP contribution in [0.4, 0.5) is 5.69 Å². The lowest BCUT2D eigenvalue weighted by molar-refractivity contribution is -0.385. The van der Waals surface area contributed by atoms with Crippen molar-refractivity contribution in [3.05, 3.63) is 64.2 Å². The second-order valence-electron chi connectivity index (χ2n) is 4.98. The van der Waals surface area contributed by atoms with E-state index in [-0.39, 0.29) is 5.69 Å². The van der Waals surface area contributed by atoms with Gasteiger partial charge in [0.2, 0.25) is 0 Å². The molecule has 2 aromatic carbocycles. The van der Waals surface area contributed by atoms with Crippen molar-refractivity contribution in [3.63, 3.8) is 0 Å². The minimum atomic E-state index is -1.09. The van der Waals surface area contributed by atoms with Crippen molar-refractivity contribution in [1.29, 1.82) is 0 Å². The van der Waals surface area contributed by atoms with Crippen LogP contribution < -0.4 is 0 Å². The Hall–Kier alpha value is -2.71. The van der Waals surface area contributed by atoms with E-state index in [1.807, 2.05) is 30.3 Å². The summed E-state index contributed by atoms with van der Waals surface area (Å²) in [6.45, 7) is 0. The number of aliphatic hydroxyl groups excluding tert-OH is 1. The van der Waals surface area contributed by atoms with Crippen LogP contribution in [-0.4, -0.2) is 24.8 Å². The number of hydrogen-bond donors (Lipinski definition) is 1. The van der Waals surface area contributed by atoms with Crippen LogP contribution in [0.3, 0.4) is 0 Å². The number of nitro benzene ring substituents is 1. The minimum absolute atomic E-state index is 0.0600. The molecule has 0 aliphatic carbocycles. The number of aromatic nitrogens is 3. The van der Waals surface area contributed by atoms with Crippen molar-refractivity contribution in [1.82, 2.24) is 14.8 Å². The molecule has 8 heteroatoms. The molecule has 0 unspecified atom stereocenters. The van der Waals surface area contributed by atoms with E-state index in [1.54, 1.807) is 6.07 Å². The zero-order valence-corrected chi connectivity index (χ0v) is 12.5. The van der Waals surface area contributed by atoms with Gasteiger partial charge < -0.3 is 5.11 Å². The summed E-state index contributed by atoms with van der Waals surface area (Å²) in [6.07, 6.45) is -1.09. The number of aliphatic hydroxyl groups is 1. The van der Waals surface area contributed by atoms with Crippen LogP contribution in [0, 0.1) is 10.1 Å². The van der Waals surface area contributed by atoms with Crippen LogP contribution in [0.2, 0.25) is 0 Å². The van der Waals surface area contributed by atoms with E-state index in [2.05, 4.69) is 10.1 Å². The average molecular weight is 326 g/mol. The zero-order valence-electron chi connectivity index (χ0n) is 11.7. The molecule has 0 amide bonds. The summed E-state index contributed by atoms with van der Waals surface area (Å²) in [7, 11) is 0. The Labute approximate surface area is 134 Å². The Kier molecular flexibility index (Phi) is 3.14. The van der Waals surface area contributed by atoms with Crippen molar-refractivity contribution in [2.75, 3.05) is 0 Å². The monoisotopic (exact) mass is 326 g/mol. The lowest BCUT2D eigenvalue weighted by atomic mass is 10.1. The van der Waals surface area contributed by atoms with Crippen molar-refractivity contribution < 1.29 is 10.0 Å². The molecule has 0 fully saturated rings. The molecule has 1 aliphatic rings. The summed E-state index contributed by atoms with van der Waals surface area (Å²) in [5, 5.41) is 26.3. The fraction of sp³-hybridized carbons (Fsp3) is 0.0667. The molecule has 0 saturated carbocycles. The van der Waals surface area contributed by atoms with Crippen molar-refractivity contribution in [2.45, 2.75) is 16.3 Å². The summed E-state index contributed by atoms with van der Waals surface area (Å²) in [5.74, 6) is 0.509. The largest absolute Gasteiger partial charge is 0.368 e. The highest BCUT2D eigenvalue weighted by Gasteiger charge is 2.29. The smallest absolute Gasteiger partial charge is 0.269 e. The maximum Gasteiger partial charge on any atom is 0.269 e. The van der Waals surface area contributed by atoms with Crippen LogP contribution in [0.1, 0.15) is 11.8 Å². The van der Waals surface area contributed by atoms with E-state index in [1.165, 1.54) is 28.6 Å². The third-order valence-corrected chi connectivity index (χ3v) is 4.60. The van der Waals surface area contributed by atoms with Crippen molar-refractivity contribution in [3.8, 4) is 11.4 Å². The summed E-state index contributed by atoms with van der Waals surface area (Å²) in [6, 6.07) is 13.9. The first-order valence-electron chi connectivity index (χ1n) is 6.80. The van der Waals surface area contributed by atoms with E-state index in [0.717, 1.165) is 10.5 Å². The molecule has 1 aliphatic heterocycles. The van der Waals surface area contributed by atoms with E-state index < -0.39 is 11.2 Å². The van der Waals surface area contributed by atoms with Gasteiger partial charge in [-0.05, 0) is 17.8 Å². The molecule has 23 heavy (non-hydrogen) atoms. The molecule has 0 spiro atoms. The van der Waals surface area contributed by atoms with Gasteiger partial charge in [0.25, 0.3) is 5.69 Å². The summed E-state index contributed by atoms with van der Waals surface area (Å²) in [5.41, 5.74) is 1.24. The first-order chi connectivity index (χ1) is 11.1. The number of non-ortho nitro benzene ring substituents is 1.